The number of halogens is 1. The van der Waals surface area contributed by atoms with Gasteiger partial charge in [-0.25, -0.2) is 0 Å². The van der Waals surface area contributed by atoms with Gasteiger partial charge < -0.3 is 9.64 Å². The Hall–Kier alpha value is -1.99. The Morgan fingerprint density at radius 3 is 2.60 bits per heavy atom. The van der Waals surface area contributed by atoms with E-state index in [4.69, 9.17) is 16.3 Å². The molecule has 1 aliphatic rings. The summed E-state index contributed by atoms with van der Waals surface area (Å²) < 4.78 is 7.76. The molecular formula is C22H29ClN4O2S. The van der Waals surface area contributed by atoms with Gasteiger partial charge in [0, 0.05) is 24.7 Å². The zero-order chi connectivity index (χ0) is 21.7. The summed E-state index contributed by atoms with van der Waals surface area (Å²) in [6.07, 6.45) is 2.97. The van der Waals surface area contributed by atoms with Crippen LogP contribution in [0.1, 0.15) is 33.0 Å². The fourth-order valence-electron chi connectivity index (χ4n) is 3.81. The predicted octanol–water partition coefficient (Wildman–Crippen LogP) is 4.68. The topological polar surface area (TPSA) is 60.2 Å². The first kappa shape index (κ1) is 22.7. The van der Waals surface area contributed by atoms with E-state index >= 15 is 0 Å². The molecule has 1 aromatic carbocycles. The molecule has 2 heterocycles. The molecule has 0 bridgehead atoms. The van der Waals surface area contributed by atoms with Gasteiger partial charge in [0.1, 0.15) is 12.4 Å². The third-order valence-electron chi connectivity index (χ3n) is 5.10. The van der Waals surface area contributed by atoms with Crippen LogP contribution in [0.3, 0.4) is 0 Å². The van der Waals surface area contributed by atoms with Crippen molar-refractivity contribution in [2.24, 2.45) is 11.8 Å². The second-order valence-corrected chi connectivity index (χ2v) is 9.73. The van der Waals surface area contributed by atoms with Crippen LogP contribution in [0.4, 0.5) is 0 Å². The number of hydrogen-bond donors (Lipinski definition) is 0. The molecule has 0 aliphatic carbocycles. The number of rotatable bonds is 8. The van der Waals surface area contributed by atoms with Crippen LogP contribution in [-0.4, -0.2) is 43.9 Å². The molecule has 3 rings (SSSR count). The summed E-state index contributed by atoms with van der Waals surface area (Å²) in [5.41, 5.74) is 0. The van der Waals surface area contributed by atoms with Crippen LogP contribution in [-0.2, 0) is 17.9 Å². The van der Waals surface area contributed by atoms with Crippen LogP contribution >= 0.6 is 23.4 Å². The van der Waals surface area contributed by atoms with E-state index in [0.29, 0.717) is 40.1 Å². The number of amides is 1. The van der Waals surface area contributed by atoms with Gasteiger partial charge in [-0.2, -0.15) is 0 Å². The van der Waals surface area contributed by atoms with E-state index in [0.717, 1.165) is 13.1 Å². The Labute approximate surface area is 187 Å². The predicted molar refractivity (Wildman–Crippen MR) is 121 cm³/mol. The van der Waals surface area contributed by atoms with E-state index in [1.54, 1.807) is 18.2 Å². The Bertz CT molecular complexity index is 861. The largest absolute Gasteiger partial charge is 0.486 e. The third-order valence-corrected chi connectivity index (χ3v) is 6.42. The average molecular weight is 449 g/mol. The summed E-state index contributed by atoms with van der Waals surface area (Å²) in [4.78, 5) is 15.0. The molecule has 0 saturated carbocycles. The Balaban J connectivity index is 1.67. The van der Waals surface area contributed by atoms with Crippen molar-refractivity contribution in [2.45, 2.75) is 50.8 Å². The van der Waals surface area contributed by atoms with Gasteiger partial charge in [-0.05, 0) is 49.4 Å². The van der Waals surface area contributed by atoms with Crippen LogP contribution in [0, 0.1) is 11.8 Å². The van der Waals surface area contributed by atoms with Crippen LogP contribution in [0.5, 0.6) is 5.75 Å². The van der Waals surface area contributed by atoms with E-state index < -0.39 is 0 Å². The summed E-state index contributed by atoms with van der Waals surface area (Å²) in [5.74, 6) is 2.63. The third kappa shape index (κ3) is 5.79. The van der Waals surface area contributed by atoms with Crippen LogP contribution in [0.2, 0.25) is 5.02 Å². The van der Waals surface area contributed by atoms with Crippen molar-refractivity contribution in [3.05, 3.63) is 47.8 Å². The molecule has 30 heavy (non-hydrogen) atoms. The van der Waals surface area contributed by atoms with Crippen molar-refractivity contribution in [1.82, 2.24) is 19.7 Å². The van der Waals surface area contributed by atoms with Crippen LogP contribution in [0.15, 0.2) is 42.1 Å². The van der Waals surface area contributed by atoms with E-state index in [-0.39, 0.29) is 17.8 Å². The number of hydrogen-bond acceptors (Lipinski definition) is 5. The number of thioether (sulfide) groups is 1. The normalized spacial score (nSPS) is 20.1. The zero-order valence-corrected chi connectivity index (χ0v) is 19.3. The number of benzene rings is 1. The van der Waals surface area contributed by atoms with Gasteiger partial charge in [-0.3, -0.25) is 9.36 Å². The number of piperidine rings is 1. The molecule has 6 nitrogen and oxygen atoms in total. The summed E-state index contributed by atoms with van der Waals surface area (Å²) in [7, 11) is 0. The standard InChI is InChI=1S/C22H29ClN4O2S/c1-5-10-27-20(14-29-19-8-6-18(23)7-9-19)24-25-22(27)30-17(4)21(28)26-12-15(2)11-16(3)13-26/h5-9,15-17H,1,10-14H2,2-4H3. The molecule has 0 radical (unpaired) electrons. The highest BCUT2D eigenvalue weighted by Crippen LogP contribution is 2.27. The molecule has 162 valence electrons. The number of aromatic nitrogens is 3. The fourth-order valence-corrected chi connectivity index (χ4v) is 4.90. The number of allylic oxidation sites excluding steroid dienone is 1. The maximum absolute atomic E-state index is 13.0. The van der Waals surface area contributed by atoms with Gasteiger partial charge >= 0.3 is 0 Å². The summed E-state index contributed by atoms with van der Waals surface area (Å²) in [6, 6.07) is 7.19. The smallest absolute Gasteiger partial charge is 0.235 e. The highest BCUT2D eigenvalue weighted by molar-refractivity contribution is 8.00. The molecular weight excluding hydrogens is 420 g/mol. The first-order chi connectivity index (χ1) is 14.4. The molecule has 1 aliphatic heterocycles. The maximum Gasteiger partial charge on any atom is 0.235 e. The minimum Gasteiger partial charge on any atom is -0.486 e. The molecule has 3 unspecified atom stereocenters. The van der Waals surface area contributed by atoms with Crippen molar-refractivity contribution in [3.8, 4) is 5.75 Å². The minimum absolute atomic E-state index is 0.158. The van der Waals surface area contributed by atoms with Crippen molar-refractivity contribution in [2.75, 3.05) is 13.1 Å². The number of ether oxygens (including phenoxy) is 1. The molecule has 0 spiro atoms. The van der Waals surface area contributed by atoms with E-state index in [1.807, 2.05) is 28.5 Å². The zero-order valence-electron chi connectivity index (χ0n) is 17.8. The number of carbonyl (C=O) groups excluding carboxylic acids is 1. The monoisotopic (exact) mass is 448 g/mol. The minimum atomic E-state index is -0.236. The second kappa shape index (κ2) is 10.4. The Kier molecular flexibility index (Phi) is 7.83. The number of nitrogens with zero attached hydrogens (tertiary/aromatic N) is 4. The van der Waals surface area contributed by atoms with E-state index in [9.17, 15) is 4.79 Å². The molecule has 1 saturated heterocycles. The highest BCUT2D eigenvalue weighted by atomic mass is 35.5. The van der Waals surface area contributed by atoms with Gasteiger partial charge in [-0.15, -0.1) is 16.8 Å². The maximum atomic E-state index is 13.0. The number of likely N-dealkylation sites (tertiary alicyclic amines) is 1. The van der Waals surface area contributed by atoms with Gasteiger partial charge in [0.25, 0.3) is 0 Å². The van der Waals surface area contributed by atoms with Gasteiger partial charge in [0.15, 0.2) is 11.0 Å². The first-order valence-electron chi connectivity index (χ1n) is 10.2. The molecule has 8 heteroatoms. The van der Waals surface area contributed by atoms with Crippen molar-refractivity contribution in [3.63, 3.8) is 0 Å². The molecule has 3 atom stereocenters. The lowest BCUT2D eigenvalue weighted by Crippen LogP contribution is -2.45. The van der Waals surface area contributed by atoms with Gasteiger partial charge in [0.2, 0.25) is 5.91 Å². The van der Waals surface area contributed by atoms with E-state index in [1.165, 1.54) is 18.2 Å². The molecule has 1 fully saturated rings. The Morgan fingerprint density at radius 1 is 1.30 bits per heavy atom. The van der Waals surface area contributed by atoms with Gasteiger partial charge in [-0.1, -0.05) is 43.3 Å². The van der Waals surface area contributed by atoms with Crippen molar-refractivity contribution in [1.29, 1.82) is 0 Å². The molecule has 0 N–H and O–H groups in total. The van der Waals surface area contributed by atoms with Crippen molar-refractivity contribution < 1.29 is 9.53 Å². The summed E-state index contributed by atoms with van der Waals surface area (Å²) in [6.45, 7) is 12.7. The quantitative estimate of drug-likeness (QED) is 0.433. The highest BCUT2D eigenvalue weighted by Gasteiger charge is 2.29. The SMILES string of the molecule is C=CCn1c(COc2ccc(Cl)cc2)nnc1SC(C)C(=O)N1CC(C)CC(C)C1. The molecule has 1 amide bonds. The van der Waals surface area contributed by atoms with Crippen LogP contribution in [0.25, 0.3) is 0 Å². The van der Waals surface area contributed by atoms with Crippen molar-refractivity contribution >= 4 is 29.3 Å². The summed E-state index contributed by atoms with van der Waals surface area (Å²) >= 11 is 7.35. The van der Waals surface area contributed by atoms with E-state index in [2.05, 4.69) is 30.6 Å². The van der Waals surface area contributed by atoms with Gasteiger partial charge in [0.05, 0.1) is 5.25 Å². The van der Waals surface area contributed by atoms with Crippen LogP contribution < -0.4 is 4.74 Å². The second-order valence-electron chi connectivity index (χ2n) is 7.99. The fraction of sp³-hybridized carbons (Fsp3) is 0.500. The molecule has 1 aromatic heterocycles. The lowest BCUT2D eigenvalue weighted by molar-refractivity contribution is -0.132. The molecule has 2 aromatic rings. The summed E-state index contributed by atoms with van der Waals surface area (Å²) in [5, 5.41) is 9.72. The Morgan fingerprint density at radius 2 is 1.97 bits per heavy atom. The number of carbonyl (C=O) groups is 1. The lowest BCUT2D eigenvalue weighted by atomic mass is 9.92. The average Bonchev–Trinajstić information content (AvgIpc) is 3.08. The lowest BCUT2D eigenvalue weighted by Gasteiger charge is -2.36. The first-order valence-corrected chi connectivity index (χ1v) is 11.5.